The molecule has 0 bridgehead atoms. The molecule has 0 spiro atoms. The summed E-state index contributed by atoms with van der Waals surface area (Å²) in [6, 6.07) is 17.7. The number of ether oxygens (including phenoxy) is 1. The van der Waals surface area contributed by atoms with Gasteiger partial charge in [-0.2, -0.15) is 0 Å². The molecule has 6 rings (SSSR count). The number of rotatable bonds is 7. The van der Waals surface area contributed by atoms with Gasteiger partial charge in [0.05, 0.1) is 19.0 Å². The Morgan fingerprint density at radius 2 is 1.83 bits per heavy atom. The van der Waals surface area contributed by atoms with Crippen molar-refractivity contribution >= 4 is 56.9 Å². The standard InChI is InChI=1S/C29H26Cl2N6O4/c1-15(20-8-4-6-16-5-2-3-7-21(16)20)35-26-24-27(33-13-32-26)37(14-34-24)29-23(25(39)22(12-38)41-29)36-28(40)17-9-18(30)11-19(31)10-17/h2-11,13-15,22-23,25,29,38-39H,12H2,1H3,(H,36,40)(H,32,33,35)/t15-,22-,23-,25-,29-/m1/s1. The van der Waals surface area contributed by atoms with Crippen molar-refractivity contribution < 1.29 is 19.7 Å². The Bertz CT molecular complexity index is 1720. The smallest absolute Gasteiger partial charge is 0.251 e. The van der Waals surface area contributed by atoms with E-state index in [1.807, 2.05) is 25.1 Å². The second-order valence-electron chi connectivity index (χ2n) is 9.88. The van der Waals surface area contributed by atoms with E-state index in [-0.39, 0.29) is 11.6 Å². The number of aliphatic hydroxyl groups excluding tert-OH is 2. The van der Waals surface area contributed by atoms with Crippen LogP contribution in [0.15, 0.2) is 73.3 Å². The summed E-state index contributed by atoms with van der Waals surface area (Å²) >= 11 is 12.1. The van der Waals surface area contributed by atoms with Gasteiger partial charge < -0.3 is 25.6 Å². The van der Waals surface area contributed by atoms with Crippen LogP contribution in [0.25, 0.3) is 21.9 Å². The molecule has 0 saturated carbocycles. The number of nitrogens with one attached hydrogen (secondary N) is 2. The third-order valence-corrected chi connectivity index (χ3v) is 7.69. The summed E-state index contributed by atoms with van der Waals surface area (Å²) in [6.45, 7) is 1.59. The predicted molar refractivity (Wildman–Crippen MR) is 156 cm³/mol. The highest BCUT2D eigenvalue weighted by Gasteiger charge is 2.46. The molecule has 12 heteroatoms. The van der Waals surface area contributed by atoms with Crippen molar-refractivity contribution in [2.24, 2.45) is 0 Å². The number of carbonyl (C=O) groups is 1. The van der Waals surface area contributed by atoms with Gasteiger partial charge in [0.25, 0.3) is 5.91 Å². The largest absolute Gasteiger partial charge is 0.394 e. The lowest BCUT2D eigenvalue weighted by atomic mass is 10.00. The first-order valence-electron chi connectivity index (χ1n) is 13.0. The number of amides is 1. The first-order chi connectivity index (χ1) is 19.8. The molecule has 5 atom stereocenters. The Labute approximate surface area is 244 Å². The molecular weight excluding hydrogens is 567 g/mol. The van der Waals surface area contributed by atoms with Crippen LogP contribution in [-0.4, -0.2) is 60.5 Å². The first-order valence-corrected chi connectivity index (χ1v) is 13.7. The monoisotopic (exact) mass is 592 g/mol. The molecule has 1 aliphatic rings. The Balaban J connectivity index is 1.31. The lowest BCUT2D eigenvalue weighted by Gasteiger charge is -2.23. The van der Waals surface area contributed by atoms with Crippen LogP contribution in [0.4, 0.5) is 5.82 Å². The molecule has 0 aliphatic carbocycles. The summed E-state index contributed by atoms with van der Waals surface area (Å²) in [7, 11) is 0. The summed E-state index contributed by atoms with van der Waals surface area (Å²) < 4.78 is 7.60. The van der Waals surface area contributed by atoms with Crippen LogP contribution in [0, 0.1) is 0 Å². The van der Waals surface area contributed by atoms with Crippen molar-refractivity contribution in [1.82, 2.24) is 24.8 Å². The van der Waals surface area contributed by atoms with Crippen LogP contribution in [0.5, 0.6) is 0 Å². The van der Waals surface area contributed by atoms with E-state index in [1.165, 1.54) is 30.9 Å². The lowest BCUT2D eigenvalue weighted by molar-refractivity contribution is -0.0440. The molecule has 1 saturated heterocycles. The highest BCUT2D eigenvalue weighted by Crippen LogP contribution is 2.34. The number of anilines is 1. The van der Waals surface area contributed by atoms with E-state index in [0.29, 0.717) is 27.0 Å². The van der Waals surface area contributed by atoms with E-state index < -0.39 is 37.0 Å². The zero-order chi connectivity index (χ0) is 28.7. The molecule has 210 valence electrons. The maximum Gasteiger partial charge on any atom is 0.251 e. The lowest BCUT2D eigenvalue weighted by Crippen LogP contribution is -2.46. The number of imidazole rings is 1. The third-order valence-electron chi connectivity index (χ3n) is 7.25. The van der Waals surface area contributed by atoms with E-state index >= 15 is 0 Å². The summed E-state index contributed by atoms with van der Waals surface area (Å²) in [5, 5.41) is 29.9. The van der Waals surface area contributed by atoms with Gasteiger partial charge in [0.2, 0.25) is 0 Å². The van der Waals surface area contributed by atoms with Crippen LogP contribution in [0.1, 0.15) is 35.1 Å². The van der Waals surface area contributed by atoms with E-state index in [1.54, 1.807) is 4.57 Å². The van der Waals surface area contributed by atoms with E-state index in [2.05, 4.69) is 49.9 Å². The minimum absolute atomic E-state index is 0.107. The molecule has 1 aliphatic heterocycles. The van der Waals surface area contributed by atoms with Crippen molar-refractivity contribution in [2.75, 3.05) is 11.9 Å². The first kappa shape index (κ1) is 27.4. The molecule has 5 aromatic rings. The van der Waals surface area contributed by atoms with Crippen LogP contribution < -0.4 is 10.6 Å². The van der Waals surface area contributed by atoms with E-state index in [9.17, 15) is 15.0 Å². The zero-order valence-electron chi connectivity index (χ0n) is 21.8. The molecule has 4 N–H and O–H groups in total. The number of nitrogens with zero attached hydrogens (tertiary/aromatic N) is 4. The van der Waals surface area contributed by atoms with E-state index in [0.717, 1.165) is 16.3 Å². The quantitative estimate of drug-likeness (QED) is 0.217. The molecule has 3 heterocycles. The SMILES string of the molecule is C[C@@H](Nc1ncnc2c1ncn2[C@@H]1O[C@H](CO)[C@@H](O)[C@H]1NC(=O)c1cc(Cl)cc(Cl)c1)c1cccc2ccccc12. The van der Waals surface area contributed by atoms with Crippen molar-refractivity contribution in [1.29, 1.82) is 0 Å². The van der Waals surface area contributed by atoms with Gasteiger partial charge in [-0.1, -0.05) is 65.7 Å². The van der Waals surface area contributed by atoms with Gasteiger partial charge in [-0.05, 0) is 41.5 Å². The predicted octanol–water partition coefficient (Wildman–Crippen LogP) is 4.51. The fraction of sp³-hybridized carbons (Fsp3) is 0.241. The minimum atomic E-state index is -1.22. The van der Waals surface area contributed by atoms with Gasteiger partial charge in [-0.25, -0.2) is 15.0 Å². The van der Waals surface area contributed by atoms with Crippen LogP contribution in [0.2, 0.25) is 10.0 Å². The number of hydrogen-bond donors (Lipinski definition) is 4. The number of fused-ring (bicyclic) bond motifs is 2. The van der Waals surface area contributed by atoms with Gasteiger partial charge in [0.15, 0.2) is 23.2 Å². The molecule has 1 fully saturated rings. The van der Waals surface area contributed by atoms with Gasteiger partial charge in [0.1, 0.15) is 24.6 Å². The Morgan fingerprint density at radius 3 is 2.61 bits per heavy atom. The van der Waals surface area contributed by atoms with Crippen molar-refractivity contribution in [3.63, 3.8) is 0 Å². The molecule has 3 aromatic carbocycles. The number of carbonyl (C=O) groups excluding carboxylic acids is 1. The number of halogens is 2. The van der Waals surface area contributed by atoms with Crippen molar-refractivity contribution in [3.05, 3.63) is 94.5 Å². The number of aromatic nitrogens is 4. The van der Waals surface area contributed by atoms with Gasteiger partial charge in [-0.3, -0.25) is 9.36 Å². The Morgan fingerprint density at radius 1 is 1.07 bits per heavy atom. The molecule has 10 nitrogen and oxygen atoms in total. The fourth-order valence-electron chi connectivity index (χ4n) is 5.26. The summed E-state index contributed by atoms with van der Waals surface area (Å²) in [4.78, 5) is 26.5. The van der Waals surface area contributed by atoms with Crippen LogP contribution >= 0.6 is 23.2 Å². The third kappa shape index (κ3) is 5.20. The average molecular weight is 593 g/mol. The molecule has 41 heavy (non-hydrogen) atoms. The summed E-state index contributed by atoms with van der Waals surface area (Å²) in [6.07, 6.45) is -0.165. The van der Waals surface area contributed by atoms with Crippen LogP contribution in [0.3, 0.4) is 0 Å². The van der Waals surface area contributed by atoms with Crippen molar-refractivity contribution in [3.8, 4) is 0 Å². The Hall–Kier alpha value is -3.80. The number of hydrogen-bond acceptors (Lipinski definition) is 8. The zero-order valence-corrected chi connectivity index (χ0v) is 23.3. The van der Waals surface area contributed by atoms with Gasteiger partial charge in [-0.15, -0.1) is 0 Å². The molecule has 1 amide bonds. The molecule has 0 unspecified atom stereocenters. The highest BCUT2D eigenvalue weighted by atomic mass is 35.5. The average Bonchev–Trinajstić information content (AvgIpc) is 3.53. The van der Waals surface area contributed by atoms with Crippen molar-refractivity contribution in [2.45, 2.75) is 37.4 Å². The highest BCUT2D eigenvalue weighted by molar-refractivity contribution is 6.35. The van der Waals surface area contributed by atoms with Crippen LogP contribution in [-0.2, 0) is 4.74 Å². The normalized spacial score (nSPS) is 21.3. The number of benzene rings is 3. The molecule has 0 radical (unpaired) electrons. The second-order valence-corrected chi connectivity index (χ2v) is 10.7. The maximum atomic E-state index is 13.1. The second kappa shape index (κ2) is 11.2. The Kier molecular flexibility index (Phi) is 7.50. The number of aliphatic hydroxyl groups is 2. The fourth-order valence-corrected chi connectivity index (χ4v) is 5.79. The molecular formula is C29H26Cl2N6O4. The molecule has 2 aromatic heterocycles. The van der Waals surface area contributed by atoms with Gasteiger partial charge in [0, 0.05) is 15.6 Å². The van der Waals surface area contributed by atoms with E-state index in [4.69, 9.17) is 27.9 Å². The topological polar surface area (TPSA) is 134 Å². The van der Waals surface area contributed by atoms with Gasteiger partial charge >= 0.3 is 0 Å². The summed E-state index contributed by atoms with van der Waals surface area (Å²) in [5.41, 5.74) is 2.23. The minimum Gasteiger partial charge on any atom is -0.394 e. The maximum absolute atomic E-state index is 13.1. The summed E-state index contributed by atoms with van der Waals surface area (Å²) in [5.74, 6) is -0.00320.